The molecular formula is C12H27NO2. The van der Waals surface area contributed by atoms with Crippen molar-refractivity contribution in [1.29, 1.82) is 0 Å². The molecule has 92 valence electrons. The lowest BCUT2D eigenvalue weighted by atomic mass is 9.72. The molecule has 3 N–H and O–H groups in total. The molecule has 0 aromatic carbocycles. The smallest absolute Gasteiger partial charge is 0.0718 e. The third kappa shape index (κ3) is 4.49. The topological polar surface area (TPSA) is 52.5 Å². The van der Waals surface area contributed by atoms with E-state index >= 15 is 0 Å². The van der Waals surface area contributed by atoms with Crippen LogP contribution in [0.4, 0.5) is 0 Å². The molecule has 0 fully saturated rings. The predicted octanol–water partition coefficient (Wildman–Crippen LogP) is 1.53. The van der Waals surface area contributed by atoms with Gasteiger partial charge in [-0.15, -0.1) is 0 Å². The van der Waals surface area contributed by atoms with Gasteiger partial charge in [0.25, 0.3) is 0 Å². The van der Waals surface area contributed by atoms with E-state index in [-0.39, 0.29) is 5.41 Å². The first-order valence-electron chi connectivity index (χ1n) is 5.88. The van der Waals surface area contributed by atoms with Gasteiger partial charge in [-0.05, 0) is 18.4 Å². The molecule has 0 radical (unpaired) electrons. The Kier molecular flexibility index (Phi) is 5.78. The van der Waals surface area contributed by atoms with E-state index in [9.17, 15) is 10.2 Å². The van der Waals surface area contributed by atoms with Crippen LogP contribution < -0.4 is 5.32 Å². The standard InChI is InChI=1S/C12H27NO2/c1-6-12(15,11(3,4)5)8-10(14)9-13-7-2/h10,13-15H,6-9H2,1-5H3/t10-,12-/m0/s1. The zero-order chi connectivity index (χ0) is 12.1. The van der Waals surface area contributed by atoms with E-state index in [1.807, 2.05) is 34.6 Å². The number of nitrogens with one attached hydrogen (secondary N) is 1. The number of rotatable bonds is 6. The van der Waals surface area contributed by atoms with Gasteiger partial charge in [-0.1, -0.05) is 34.6 Å². The highest BCUT2D eigenvalue weighted by atomic mass is 16.3. The highest BCUT2D eigenvalue weighted by Crippen LogP contribution is 2.36. The second kappa shape index (κ2) is 5.83. The van der Waals surface area contributed by atoms with Gasteiger partial charge in [0.1, 0.15) is 0 Å². The van der Waals surface area contributed by atoms with Crippen molar-refractivity contribution in [1.82, 2.24) is 5.32 Å². The van der Waals surface area contributed by atoms with Gasteiger partial charge in [0.2, 0.25) is 0 Å². The summed E-state index contributed by atoms with van der Waals surface area (Å²) in [6.07, 6.45) is 0.619. The Morgan fingerprint density at radius 2 is 1.73 bits per heavy atom. The van der Waals surface area contributed by atoms with Crippen LogP contribution >= 0.6 is 0 Å². The van der Waals surface area contributed by atoms with Crippen molar-refractivity contribution in [2.24, 2.45) is 5.41 Å². The molecule has 0 saturated heterocycles. The summed E-state index contributed by atoms with van der Waals surface area (Å²) in [7, 11) is 0. The summed E-state index contributed by atoms with van der Waals surface area (Å²) < 4.78 is 0. The lowest BCUT2D eigenvalue weighted by Gasteiger charge is -2.41. The van der Waals surface area contributed by atoms with E-state index in [1.165, 1.54) is 0 Å². The molecule has 2 atom stereocenters. The van der Waals surface area contributed by atoms with Crippen LogP contribution in [-0.2, 0) is 0 Å². The van der Waals surface area contributed by atoms with Crippen molar-refractivity contribution in [3.05, 3.63) is 0 Å². The molecule has 0 unspecified atom stereocenters. The van der Waals surface area contributed by atoms with Gasteiger partial charge >= 0.3 is 0 Å². The molecule has 0 aliphatic heterocycles. The third-order valence-corrected chi connectivity index (χ3v) is 3.18. The molecule has 0 aromatic heterocycles. The Bertz CT molecular complexity index is 177. The fourth-order valence-electron chi connectivity index (χ4n) is 1.75. The minimum atomic E-state index is -0.790. The summed E-state index contributed by atoms with van der Waals surface area (Å²) in [6.45, 7) is 11.4. The van der Waals surface area contributed by atoms with Crippen molar-refractivity contribution < 1.29 is 10.2 Å². The summed E-state index contributed by atoms with van der Waals surface area (Å²) in [5.41, 5.74) is -0.989. The Morgan fingerprint density at radius 3 is 2.07 bits per heavy atom. The van der Waals surface area contributed by atoms with E-state index < -0.39 is 11.7 Å². The molecule has 15 heavy (non-hydrogen) atoms. The molecule has 0 bridgehead atoms. The second-order valence-electron chi connectivity index (χ2n) is 5.30. The summed E-state index contributed by atoms with van der Waals surface area (Å²) in [4.78, 5) is 0. The van der Waals surface area contributed by atoms with Crippen molar-refractivity contribution >= 4 is 0 Å². The van der Waals surface area contributed by atoms with Crippen LogP contribution in [0.3, 0.4) is 0 Å². The fourth-order valence-corrected chi connectivity index (χ4v) is 1.75. The zero-order valence-corrected chi connectivity index (χ0v) is 10.8. The Morgan fingerprint density at radius 1 is 1.20 bits per heavy atom. The molecular weight excluding hydrogens is 190 g/mol. The molecule has 3 heteroatoms. The fraction of sp³-hybridized carbons (Fsp3) is 1.00. The van der Waals surface area contributed by atoms with Gasteiger partial charge in [-0.3, -0.25) is 0 Å². The van der Waals surface area contributed by atoms with Crippen LogP contribution in [0, 0.1) is 5.41 Å². The van der Waals surface area contributed by atoms with Gasteiger partial charge in [-0.25, -0.2) is 0 Å². The molecule has 0 amide bonds. The van der Waals surface area contributed by atoms with Crippen LogP contribution in [0.2, 0.25) is 0 Å². The third-order valence-electron chi connectivity index (χ3n) is 3.18. The lowest BCUT2D eigenvalue weighted by Crippen LogP contribution is -2.46. The minimum Gasteiger partial charge on any atom is -0.392 e. The van der Waals surface area contributed by atoms with Gasteiger partial charge < -0.3 is 15.5 Å². The van der Waals surface area contributed by atoms with Crippen molar-refractivity contribution in [2.45, 2.75) is 59.2 Å². The summed E-state index contributed by atoms with van der Waals surface area (Å²) in [5.74, 6) is 0. The van der Waals surface area contributed by atoms with E-state index in [2.05, 4.69) is 5.32 Å². The lowest BCUT2D eigenvalue weighted by molar-refractivity contribution is -0.0908. The normalized spacial score (nSPS) is 18.6. The monoisotopic (exact) mass is 217 g/mol. The van der Waals surface area contributed by atoms with Crippen LogP contribution in [0.5, 0.6) is 0 Å². The first-order chi connectivity index (χ1) is 6.77. The first-order valence-corrected chi connectivity index (χ1v) is 5.88. The molecule has 0 saturated carbocycles. The second-order valence-corrected chi connectivity index (χ2v) is 5.30. The summed E-state index contributed by atoms with van der Waals surface area (Å²) in [6, 6.07) is 0. The van der Waals surface area contributed by atoms with Gasteiger partial charge in [0.05, 0.1) is 11.7 Å². The van der Waals surface area contributed by atoms with Crippen molar-refractivity contribution in [2.75, 3.05) is 13.1 Å². The number of hydrogen-bond donors (Lipinski definition) is 3. The molecule has 0 spiro atoms. The average Bonchev–Trinajstić information content (AvgIpc) is 2.12. The van der Waals surface area contributed by atoms with Gasteiger partial charge in [-0.2, -0.15) is 0 Å². The predicted molar refractivity (Wildman–Crippen MR) is 63.9 cm³/mol. The number of aliphatic hydroxyl groups is 2. The van der Waals surface area contributed by atoms with Crippen LogP contribution in [0.1, 0.15) is 47.5 Å². The van der Waals surface area contributed by atoms with Gasteiger partial charge in [0, 0.05) is 13.0 Å². The van der Waals surface area contributed by atoms with Crippen LogP contribution in [0.15, 0.2) is 0 Å². The number of aliphatic hydroxyl groups excluding tert-OH is 1. The number of likely N-dealkylation sites (N-methyl/N-ethyl adjacent to an activating group) is 1. The van der Waals surface area contributed by atoms with E-state index in [0.717, 1.165) is 6.54 Å². The first kappa shape index (κ1) is 14.9. The highest BCUT2D eigenvalue weighted by Gasteiger charge is 2.39. The van der Waals surface area contributed by atoms with E-state index in [1.54, 1.807) is 0 Å². The maximum atomic E-state index is 10.4. The largest absolute Gasteiger partial charge is 0.392 e. The minimum absolute atomic E-state index is 0.199. The van der Waals surface area contributed by atoms with E-state index in [4.69, 9.17) is 0 Å². The van der Waals surface area contributed by atoms with Crippen LogP contribution in [-0.4, -0.2) is 35.0 Å². The van der Waals surface area contributed by atoms with Crippen molar-refractivity contribution in [3.8, 4) is 0 Å². The maximum Gasteiger partial charge on any atom is 0.0718 e. The summed E-state index contributed by atoms with van der Waals surface area (Å²) in [5, 5.41) is 23.3. The SMILES string of the molecule is CCNC[C@@H](O)C[C@@](O)(CC)C(C)(C)C. The molecule has 0 heterocycles. The highest BCUT2D eigenvalue weighted by molar-refractivity contribution is 4.91. The van der Waals surface area contributed by atoms with Gasteiger partial charge in [0.15, 0.2) is 0 Å². The molecule has 3 nitrogen and oxygen atoms in total. The maximum absolute atomic E-state index is 10.4. The Hall–Kier alpha value is -0.120. The van der Waals surface area contributed by atoms with Crippen LogP contribution in [0.25, 0.3) is 0 Å². The zero-order valence-electron chi connectivity index (χ0n) is 10.8. The van der Waals surface area contributed by atoms with E-state index in [0.29, 0.717) is 19.4 Å². The quantitative estimate of drug-likeness (QED) is 0.632. The molecule has 0 aromatic rings. The summed E-state index contributed by atoms with van der Waals surface area (Å²) >= 11 is 0. The number of hydrogen-bond acceptors (Lipinski definition) is 3. The molecule has 0 rings (SSSR count). The Labute approximate surface area is 93.9 Å². The van der Waals surface area contributed by atoms with Crippen molar-refractivity contribution in [3.63, 3.8) is 0 Å². The molecule has 0 aliphatic rings. The average molecular weight is 217 g/mol. The molecule has 0 aliphatic carbocycles. The Balaban J connectivity index is 4.31.